The van der Waals surface area contributed by atoms with Crippen LogP contribution in [0.25, 0.3) is 0 Å². The summed E-state index contributed by atoms with van der Waals surface area (Å²) in [6.07, 6.45) is 5.21. The summed E-state index contributed by atoms with van der Waals surface area (Å²) in [4.78, 5) is 3.88. The molecule has 3 N–H and O–H groups in total. The molecule has 11 heteroatoms. The maximum Gasteiger partial charge on any atom is 0.259 e. The van der Waals surface area contributed by atoms with Crippen molar-refractivity contribution in [2.45, 2.75) is 42.7 Å². The van der Waals surface area contributed by atoms with E-state index in [2.05, 4.69) is 9.71 Å². The molecule has 2 aromatic carbocycles. The first-order chi connectivity index (χ1) is 18.7. The van der Waals surface area contributed by atoms with E-state index in [-0.39, 0.29) is 47.7 Å². The number of fused-ring (bicyclic) bond motifs is 2. The molecule has 9 nitrogen and oxygen atoms in total. The monoisotopic (exact) mass is 552 g/mol. The van der Waals surface area contributed by atoms with Gasteiger partial charge in [0.1, 0.15) is 18.2 Å². The molecule has 2 aliphatic carbocycles. The number of aromatic hydroxyl groups is 2. The SMILES string of the molecule is Cn1cnc(S(=O)(=O)NCCOc2ccc3c(c2)C(Cc2ccccc2F)C(n2c(O)c4c(c2O)C4)CC3)c1. The zero-order valence-corrected chi connectivity index (χ0v) is 22.2. The predicted molar refractivity (Wildman–Crippen MR) is 141 cm³/mol. The molecule has 0 aliphatic heterocycles. The molecule has 204 valence electrons. The van der Waals surface area contributed by atoms with Gasteiger partial charge in [-0.1, -0.05) is 24.3 Å². The number of ether oxygens (including phenoxy) is 1. The molecule has 39 heavy (non-hydrogen) atoms. The van der Waals surface area contributed by atoms with Crippen LogP contribution in [0.1, 0.15) is 46.2 Å². The topological polar surface area (TPSA) is 119 Å². The van der Waals surface area contributed by atoms with E-state index < -0.39 is 10.0 Å². The van der Waals surface area contributed by atoms with Crippen molar-refractivity contribution >= 4 is 10.0 Å². The Balaban J connectivity index is 1.24. The van der Waals surface area contributed by atoms with E-state index >= 15 is 0 Å². The van der Waals surface area contributed by atoms with Crippen LogP contribution in [0.15, 0.2) is 60.0 Å². The first-order valence-corrected chi connectivity index (χ1v) is 14.3. The summed E-state index contributed by atoms with van der Waals surface area (Å²) >= 11 is 0. The number of rotatable bonds is 9. The number of sulfonamides is 1. The zero-order valence-electron chi connectivity index (χ0n) is 21.3. The second kappa shape index (κ2) is 9.73. The maximum atomic E-state index is 14.7. The lowest BCUT2D eigenvalue weighted by Crippen LogP contribution is -2.28. The fourth-order valence-corrected chi connectivity index (χ4v) is 6.61. The van der Waals surface area contributed by atoms with Crippen molar-refractivity contribution < 1.29 is 27.8 Å². The quantitative estimate of drug-likeness (QED) is 0.241. The lowest BCUT2D eigenvalue weighted by atomic mass is 9.76. The highest BCUT2D eigenvalue weighted by molar-refractivity contribution is 7.89. The van der Waals surface area contributed by atoms with E-state index in [9.17, 15) is 23.0 Å². The smallest absolute Gasteiger partial charge is 0.259 e. The van der Waals surface area contributed by atoms with Gasteiger partial charge in [0.25, 0.3) is 10.0 Å². The zero-order chi connectivity index (χ0) is 27.3. The van der Waals surface area contributed by atoms with Gasteiger partial charge in [0.15, 0.2) is 16.8 Å². The summed E-state index contributed by atoms with van der Waals surface area (Å²) in [6.45, 7) is 0.145. The van der Waals surface area contributed by atoms with Gasteiger partial charge in [0.05, 0.1) is 6.33 Å². The van der Waals surface area contributed by atoms with Crippen LogP contribution in [0.5, 0.6) is 17.5 Å². The first kappa shape index (κ1) is 25.4. The summed E-state index contributed by atoms with van der Waals surface area (Å²) in [6, 6.07) is 12.1. The molecule has 0 fully saturated rings. The van der Waals surface area contributed by atoms with E-state index in [1.165, 1.54) is 18.6 Å². The van der Waals surface area contributed by atoms with Crippen molar-refractivity contribution in [1.82, 2.24) is 18.8 Å². The number of nitrogens with zero attached hydrogens (tertiary/aromatic N) is 3. The van der Waals surface area contributed by atoms with Gasteiger partial charge < -0.3 is 19.5 Å². The van der Waals surface area contributed by atoms with E-state index in [4.69, 9.17) is 4.74 Å². The third kappa shape index (κ3) is 4.76. The van der Waals surface area contributed by atoms with Crippen LogP contribution in [0.2, 0.25) is 0 Å². The molecule has 0 saturated carbocycles. The van der Waals surface area contributed by atoms with E-state index in [0.29, 0.717) is 30.6 Å². The summed E-state index contributed by atoms with van der Waals surface area (Å²) in [5, 5.41) is 21.5. The summed E-state index contributed by atoms with van der Waals surface area (Å²) in [5.41, 5.74) is 4.15. The molecule has 2 aromatic heterocycles. The molecule has 2 aliphatic rings. The molecule has 2 unspecified atom stereocenters. The lowest BCUT2D eigenvalue weighted by Gasteiger charge is -2.36. The van der Waals surface area contributed by atoms with Gasteiger partial charge in [-0.25, -0.2) is 22.5 Å². The van der Waals surface area contributed by atoms with E-state index in [0.717, 1.165) is 28.7 Å². The Labute approximate surface area is 225 Å². The summed E-state index contributed by atoms with van der Waals surface area (Å²) in [7, 11) is -2.05. The fraction of sp³-hybridized carbons (Fsp3) is 0.321. The second-order valence-electron chi connectivity index (χ2n) is 10.1. The molecular weight excluding hydrogens is 523 g/mol. The number of hydrogen-bond donors (Lipinski definition) is 3. The van der Waals surface area contributed by atoms with Gasteiger partial charge >= 0.3 is 0 Å². The molecule has 2 atom stereocenters. The molecule has 0 bridgehead atoms. The van der Waals surface area contributed by atoms with Crippen LogP contribution >= 0.6 is 0 Å². The Morgan fingerprint density at radius 1 is 1.15 bits per heavy atom. The van der Waals surface area contributed by atoms with Gasteiger partial charge in [0.2, 0.25) is 0 Å². The largest absolute Gasteiger partial charge is 0.494 e. The van der Waals surface area contributed by atoms with Crippen molar-refractivity contribution in [2.24, 2.45) is 7.05 Å². The average molecular weight is 553 g/mol. The maximum absolute atomic E-state index is 14.7. The molecule has 2 heterocycles. The minimum Gasteiger partial charge on any atom is -0.494 e. The lowest BCUT2D eigenvalue weighted by molar-refractivity contribution is 0.277. The van der Waals surface area contributed by atoms with E-state index in [1.54, 1.807) is 34.4 Å². The van der Waals surface area contributed by atoms with Crippen molar-refractivity contribution in [2.75, 3.05) is 13.2 Å². The third-order valence-corrected chi connectivity index (χ3v) is 8.97. The number of benzene rings is 2. The Bertz CT molecular complexity index is 1640. The van der Waals surface area contributed by atoms with Crippen molar-refractivity contribution in [3.63, 3.8) is 0 Å². The fourth-order valence-electron chi connectivity index (χ4n) is 5.62. The minimum atomic E-state index is -3.74. The van der Waals surface area contributed by atoms with Crippen molar-refractivity contribution in [1.29, 1.82) is 0 Å². The van der Waals surface area contributed by atoms with Gasteiger partial charge in [-0.3, -0.25) is 4.57 Å². The number of aryl methyl sites for hydroxylation is 2. The summed E-state index contributed by atoms with van der Waals surface area (Å²) < 4.78 is 51.1. The molecule has 6 rings (SSSR count). The normalized spacial score (nSPS) is 18.0. The predicted octanol–water partition coefficient (Wildman–Crippen LogP) is 3.55. The summed E-state index contributed by atoms with van der Waals surface area (Å²) in [5.74, 6) is 0.189. The molecule has 0 amide bonds. The molecule has 4 aromatic rings. The third-order valence-electron chi connectivity index (χ3n) is 7.63. The standard InChI is InChI=1S/C28H29FN4O5S/c1-32-15-26(30-16-32)39(36,37)31-10-11-38-19-8-6-17-7-9-25(33-27(34)22-14-23(22)28(33)35)21(20(17)13-19)12-18-4-2-3-5-24(18)29/h2-6,8,13,15-16,21,25,31,34-35H,7,9-12,14H2,1H3. The second-order valence-corrected chi connectivity index (χ2v) is 11.9. The van der Waals surface area contributed by atoms with Gasteiger partial charge in [-0.15, -0.1) is 0 Å². The molecule has 0 saturated heterocycles. The Hall–Kier alpha value is -3.83. The minimum absolute atomic E-state index is 0.0495. The Kier molecular flexibility index (Phi) is 6.35. The van der Waals surface area contributed by atoms with Crippen LogP contribution in [-0.2, 0) is 36.3 Å². The van der Waals surface area contributed by atoms with Crippen molar-refractivity contribution in [3.05, 3.63) is 88.6 Å². The molecule has 0 spiro atoms. The number of aromatic nitrogens is 3. The Morgan fingerprint density at radius 3 is 2.64 bits per heavy atom. The van der Waals surface area contributed by atoms with E-state index in [1.807, 2.05) is 18.2 Å². The highest BCUT2D eigenvalue weighted by Crippen LogP contribution is 2.53. The Morgan fingerprint density at radius 2 is 1.92 bits per heavy atom. The van der Waals surface area contributed by atoms with Crippen LogP contribution in [-0.4, -0.2) is 45.9 Å². The molecular formula is C28H29FN4O5S. The highest BCUT2D eigenvalue weighted by Gasteiger charge is 2.40. The first-order valence-electron chi connectivity index (χ1n) is 12.8. The van der Waals surface area contributed by atoms with Gasteiger partial charge in [-0.2, -0.15) is 0 Å². The van der Waals surface area contributed by atoms with Crippen LogP contribution in [0, 0.1) is 5.82 Å². The van der Waals surface area contributed by atoms with Gasteiger partial charge in [-0.05, 0) is 54.2 Å². The number of nitrogens with one attached hydrogen (secondary N) is 1. The van der Waals surface area contributed by atoms with Crippen molar-refractivity contribution in [3.8, 4) is 17.5 Å². The molecule has 0 radical (unpaired) electrons. The number of halogens is 1. The van der Waals surface area contributed by atoms with Crippen LogP contribution in [0.3, 0.4) is 0 Å². The number of imidazole rings is 1. The average Bonchev–Trinajstić information content (AvgIpc) is 3.53. The van der Waals surface area contributed by atoms with Crippen LogP contribution < -0.4 is 9.46 Å². The highest BCUT2D eigenvalue weighted by atomic mass is 32.2. The van der Waals surface area contributed by atoms with Gasteiger partial charge in [0, 0.05) is 49.3 Å². The van der Waals surface area contributed by atoms with Crippen LogP contribution in [0.4, 0.5) is 4.39 Å². The number of hydrogen-bond acceptors (Lipinski definition) is 6.